The number of hydrogen-bond acceptors (Lipinski definition) is 3. The van der Waals surface area contributed by atoms with E-state index in [4.69, 9.17) is 4.74 Å². The van der Waals surface area contributed by atoms with Crippen molar-refractivity contribution in [2.45, 2.75) is 52.1 Å². The Morgan fingerprint density at radius 1 is 1.31 bits per heavy atom. The lowest BCUT2D eigenvalue weighted by Crippen LogP contribution is -2.23. The number of unbranched alkanes of at least 4 members (excludes halogenated alkanes) is 2. The van der Waals surface area contributed by atoms with Gasteiger partial charge in [0.05, 0.1) is 6.61 Å². The van der Waals surface area contributed by atoms with E-state index in [0.29, 0.717) is 13.0 Å². The maximum atomic E-state index is 11.0. The molecular formula is C10H20O3. The zero-order valence-electron chi connectivity index (χ0n) is 8.58. The molecular weight excluding hydrogens is 168 g/mol. The molecule has 0 fully saturated rings. The van der Waals surface area contributed by atoms with E-state index >= 15 is 0 Å². The van der Waals surface area contributed by atoms with E-state index in [1.807, 2.05) is 6.92 Å². The molecule has 1 atom stereocenters. The lowest BCUT2D eigenvalue weighted by Gasteiger charge is -2.09. The highest BCUT2D eigenvalue weighted by Crippen LogP contribution is 2.04. The molecule has 78 valence electrons. The number of hydrogen-bond donors (Lipinski definition) is 1. The lowest BCUT2D eigenvalue weighted by molar-refractivity contribution is -0.153. The first-order chi connectivity index (χ1) is 6.22. The van der Waals surface area contributed by atoms with Crippen molar-refractivity contribution in [3.8, 4) is 0 Å². The normalized spacial score (nSPS) is 12.5. The number of rotatable bonds is 7. The first-order valence-corrected chi connectivity index (χ1v) is 5.07. The fraction of sp³-hybridized carbons (Fsp3) is 0.900. The van der Waals surface area contributed by atoms with Crippen molar-refractivity contribution < 1.29 is 14.6 Å². The summed E-state index contributed by atoms with van der Waals surface area (Å²) in [7, 11) is 0. The zero-order valence-corrected chi connectivity index (χ0v) is 8.58. The van der Waals surface area contributed by atoms with Gasteiger partial charge in [-0.3, -0.25) is 0 Å². The van der Waals surface area contributed by atoms with Crippen LogP contribution in [0.5, 0.6) is 0 Å². The predicted molar refractivity (Wildman–Crippen MR) is 51.4 cm³/mol. The molecule has 0 amide bonds. The third-order valence-electron chi connectivity index (χ3n) is 1.80. The summed E-state index contributed by atoms with van der Waals surface area (Å²) in [6.45, 7) is 4.42. The summed E-state index contributed by atoms with van der Waals surface area (Å²) in [4.78, 5) is 11.0. The molecule has 0 bridgehead atoms. The van der Waals surface area contributed by atoms with Crippen LogP contribution in [0.15, 0.2) is 0 Å². The Balaban J connectivity index is 3.45. The highest BCUT2D eigenvalue weighted by Gasteiger charge is 2.14. The lowest BCUT2D eigenvalue weighted by atomic mass is 10.1. The first-order valence-electron chi connectivity index (χ1n) is 5.07. The quantitative estimate of drug-likeness (QED) is 0.490. The van der Waals surface area contributed by atoms with Crippen LogP contribution in [0.3, 0.4) is 0 Å². The average molecular weight is 188 g/mol. The predicted octanol–water partition coefficient (Wildman–Crippen LogP) is 1.88. The summed E-state index contributed by atoms with van der Waals surface area (Å²) in [6, 6.07) is 0. The van der Waals surface area contributed by atoms with E-state index in [9.17, 15) is 9.90 Å². The summed E-state index contributed by atoms with van der Waals surface area (Å²) < 4.78 is 4.79. The summed E-state index contributed by atoms with van der Waals surface area (Å²) in [5, 5.41) is 9.30. The van der Waals surface area contributed by atoms with Crippen LogP contribution in [0.25, 0.3) is 0 Å². The molecule has 0 saturated carbocycles. The van der Waals surface area contributed by atoms with Crippen molar-refractivity contribution in [3.05, 3.63) is 0 Å². The molecule has 0 spiro atoms. The van der Waals surface area contributed by atoms with Gasteiger partial charge in [-0.05, 0) is 12.8 Å². The molecule has 0 radical (unpaired) electrons. The van der Waals surface area contributed by atoms with Gasteiger partial charge in [-0.1, -0.05) is 33.1 Å². The number of ether oxygens (including phenoxy) is 1. The van der Waals surface area contributed by atoms with Crippen LogP contribution in [0, 0.1) is 0 Å². The van der Waals surface area contributed by atoms with Crippen molar-refractivity contribution in [1.82, 2.24) is 0 Å². The minimum Gasteiger partial charge on any atom is -0.464 e. The zero-order chi connectivity index (χ0) is 10.1. The van der Waals surface area contributed by atoms with Gasteiger partial charge in [0, 0.05) is 0 Å². The van der Waals surface area contributed by atoms with Crippen LogP contribution in [-0.2, 0) is 9.53 Å². The molecule has 0 saturated heterocycles. The number of esters is 1. The minimum atomic E-state index is -0.918. The molecule has 1 unspecified atom stereocenters. The van der Waals surface area contributed by atoms with Gasteiger partial charge in [0.25, 0.3) is 0 Å². The maximum Gasteiger partial charge on any atom is 0.334 e. The van der Waals surface area contributed by atoms with Crippen molar-refractivity contribution in [2.24, 2.45) is 0 Å². The van der Waals surface area contributed by atoms with E-state index in [1.165, 1.54) is 0 Å². The van der Waals surface area contributed by atoms with E-state index in [-0.39, 0.29) is 0 Å². The van der Waals surface area contributed by atoms with Crippen LogP contribution in [0.4, 0.5) is 0 Å². The van der Waals surface area contributed by atoms with Gasteiger partial charge >= 0.3 is 5.97 Å². The Labute approximate surface area is 80.1 Å². The molecule has 0 aromatic carbocycles. The fourth-order valence-electron chi connectivity index (χ4n) is 1.00. The number of aliphatic hydroxyl groups is 1. The standard InChI is InChI=1S/C10H20O3/c1-3-5-6-7-9(11)10(12)13-8-4-2/h9,11H,3-8H2,1-2H3. The summed E-state index contributed by atoms with van der Waals surface area (Å²) in [5.41, 5.74) is 0. The molecule has 0 aromatic heterocycles. The maximum absolute atomic E-state index is 11.0. The third-order valence-corrected chi connectivity index (χ3v) is 1.80. The average Bonchev–Trinajstić information content (AvgIpc) is 2.14. The van der Waals surface area contributed by atoms with Crippen molar-refractivity contribution in [2.75, 3.05) is 6.61 Å². The van der Waals surface area contributed by atoms with Gasteiger partial charge in [0.2, 0.25) is 0 Å². The molecule has 0 heterocycles. The Kier molecular flexibility index (Phi) is 7.69. The number of carbonyl (C=O) groups excluding carboxylic acids is 1. The first kappa shape index (κ1) is 12.4. The Bertz CT molecular complexity index is 134. The molecule has 13 heavy (non-hydrogen) atoms. The Hall–Kier alpha value is -0.570. The van der Waals surface area contributed by atoms with E-state index < -0.39 is 12.1 Å². The van der Waals surface area contributed by atoms with Crippen LogP contribution < -0.4 is 0 Å². The summed E-state index contributed by atoms with van der Waals surface area (Å²) in [5.74, 6) is -0.474. The second-order valence-corrected chi connectivity index (χ2v) is 3.18. The molecule has 0 aromatic rings. The topological polar surface area (TPSA) is 46.5 Å². The van der Waals surface area contributed by atoms with Gasteiger partial charge < -0.3 is 9.84 Å². The second-order valence-electron chi connectivity index (χ2n) is 3.18. The van der Waals surface area contributed by atoms with Crippen molar-refractivity contribution in [3.63, 3.8) is 0 Å². The van der Waals surface area contributed by atoms with Crippen LogP contribution in [-0.4, -0.2) is 23.8 Å². The van der Waals surface area contributed by atoms with E-state index in [1.54, 1.807) is 0 Å². The van der Waals surface area contributed by atoms with Crippen LogP contribution in [0.1, 0.15) is 46.0 Å². The number of carbonyl (C=O) groups is 1. The highest BCUT2D eigenvalue weighted by atomic mass is 16.5. The molecule has 0 aliphatic rings. The van der Waals surface area contributed by atoms with Gasteiger partial charge in [-0.25, -0.2) is 4.79 Å². The Morgan fingerprint density at radius 3 is 2.54 bits per heavy atom. The fourth-order valence-corrected chi connectivity index (χ4v) is 1.00. The van der Waals surface area contributed by atoms with Gasteiger partial charge in [-0.2, -0.15) is 0 Å². The van der Waals surface area contributed by atoms with Crippen LogP contribution >= 0.6 is 0 Å². The van der Waals surface area contributed by atoms with Gasteiger partial charge in [0.1, 0.15) is 0 Å². The smallest absolute Gasteiger partial charge is 0.334 e. The molecule has 0 aliphatic carbocycles. The number of aliphatic hydroxyl groups excluding tert-OH is 1. The van der Waals surface area contributed by atoms with Crippen molar-refractivity contribution >= 4 is 5.97 Å². The summed E-state index contributed by atoms with van der Waals surface area (Å²) >= 11 is 0. The van der Waals surface area contributed by atoms with E-state index in [0.717, 1.165) is 25.7 Å². The second kappa shape index (κ2) is 8.05. The third kappa shape index (κ3) is 6.58. The minimum absolute atomic E-state index is 0.406. The summed E-state index contributed by atoms with van der Waals surface area (Å²) in [6.07, 6.45) is 3.44. The molecule has 3 heteroatoms. The van der Waals surface area contributed by atoms with Gasteiger partial charge in [0.15, 0.2) is 6.10 Å². The van der Waals surface area contributed by atoms with Gasteiger partial charge in [-0.15, -0.1) is 0 Å². The molecule has 0 rings (SSSR count). The molecule has 1 N–H and O–H groups in total. The highest BCUT2D eigenvalue weighted by molar-refractivity contribution is 5.74. The largest absolute Gasteiger partial charge is 0.464 e. The van der Waals surface area contributed by atoms with E-state index in [2.05, 4.69) is 6.92 Å². The molecule has 0 aliphatic heterocycles. The monoisotopic (exact) mass is 188 g/mol. The molecule has 3 nitrogen and oxygen atoms in total. The Morgan fingerprint density at radius 2 is 2.00 bits per heavy atom. The SMILES string of the molecule is CCCCCC(O)C(=O)OCCC. The van der Waals surface area contributed by atoms with Crippen LogP contribution in [0.2, 0.25) is 0 Å². The van der Waals surface area contributed by atoms with Crippen molar-refractivity contribution in [1.29, 1.82) is 0 Å².